The zero-order chi connectivity index (χ0) is 36.6. The average Bonchev–Trinajstić information content (AvgIpc) is 3.11. The molecule has 0 aromatic heterocycles. The van der Waals surface area contributed by atoms with Crippen molar-refractivity contribution in [2.75, 3.05) is 26.4 Å². The molecule has 8 nitrogen and oxygen atoms in total. The molecule has 0 fully saturated rings. The first-order valence-corrected chi connectivity index (χ1v) is 20.8. The molecule has 0 unspecified atom stereocenters. The van der Waals surface area contributed by atoms with E-state index in [0.29, 0.717) is 12.8 Å². The normalized spacial score (nSPS) is 11.5. The van der Waals surface area contributed by atoms with Gasteiger partial charge >= 0.3 is 18.0 Å². The van der Waals surface area contributed by atoms with E-state index in [1.165, 1.54) is 103 Å². The van der Waals surface area contributed by atoms with Gasteiger partial charge in [-0.1, -0.05) is 141 Å². The second-order valence-electron chi connectivity index (χ2n) is 13.8. The zero-order valence-electron chi connectivity index (χ0n) is 32.5. The molecule has 0 bridgehead atoms. The second-order valence-corrected chi connectivity index (χ2v) is 13.8. The van der Waals surface area contributed by atoms with Gasteiger partial charge in [0, 0.05) is 19.4 Å². The maximum atomic E-state index is 12.3. The molecule has 0 spiro atoms. The van der Waals surface area contributed by atoms with E-state index >= 15 is 0 Å². The monoisotopic (exact) mass is 707 g/mol. The molecule has 0 rings (SSSR count). The molecule has 292 valence electrons. The van der Waals surface area contributed by atoms with Gasteiger partial charge < -0.3 is 25.3 Å². The minimum atomic E-state index is -0.684. The van der Waals surface area contributed by atoms with Gasteiger partial charge in [0.2, 0.25) is 0 Å². The summed E-state index contributed by atoms with van der Waals surface area (Å²) in [5.41, 5.74) is 5.41. The summed E-state index contributed by atoms with van der Waals surface area (Å²) in [5, 5.41) is 2.62. The van der Waals surface area contributed by atoms with Crippen LogP contribution in [0.2, 0.25) is 0 Å². The Labute approximate surface area is 307 Å². The van der Waals surface area contributed by atoms with Gasteiger partial charge in [-0.25, -0.2) is 4.79 Å². The first kappa shape index (κ1) is 47.7. The molecule has 0 saturated heterocycles. The highest BCUT2D eigenvalue weighted by Gasteiger charge is 2.18. The summed E-state index contributed by atoms with van der Waals surface area (Å²) in [4.78, 5) is 36.8. The van der Waals surface area contributed by atoms with Crippen LogP contribution < -0.4 is 11.1 Å². The first-order chi connectivity index (χ1) is 24.5. The summed E-state index contributed by atoms with van der Waals surface area (Å²) in [5.74, 6) is -0.631. The molecule has 0 aliphatic carbocycles. The minimum Gasteiger partial charge on any atom is -0.463 e. The number of nitrogens with two attached hydrogens (primary N) is 1. The summed E-state index contributed by atoms with van der Waals surface area (Å²) in [6.45, 7) is 4.62. The highest BCUT2D eigenvalue weighted by molar-refractivity contribution is 5.70. The SMILES string of the molecule is CCCCCCCC/C=C\CCCCCCCC(=O)OCC(COC(=O)CCCCCCC/C=C\CCCCCCCC)NC(=O)OCCN. The van der Waals surface area contributed by atoms with E-state index in [1.807, 2.05) is 0 Å². The summed E-state index contributed by atoms with van der Waals surface area (Å²) in [6, 6.07) is -0.684. The lowest BCUT2D eigenvalue weighted by Gasteiger charge is -2.18. The van der Waals surface area contributed by atoms with Crippen molar-refractivity contribution < 1.29 is 28.6 Å². The summed E-state index contributed by atoms with van der Waals surface area (Å²) in [6.07, 6.45) is 40.4. The molecule has 0 heterocycles. The van der Waals surface area contributed by atoms with E-state index in [0.717, 1.165) is 64.2 Å². The average molecular weight is 707 g/mol. The second kappa shape index (κ2) is 39.4. The molecule has 0 aliphatic heterocycles. The fourth-order valence-electron chi connectivity index (χ4n) is 5.70. The lowest BCUT2D eigenvalue weighted by atomic mass is 10.1. The molecular formula is C42H78N2O6. The third-order valence-electron chi connectivity index (χ3n) is 8.85. The Morgan fingerprint density at radius 1 is 0.500 bits per heavy atom. The quantitative estimate of drug-likeness (QED) is 0.0286. The third kappa shape index (κ3) is 36.9. The number of rotatable bonds is 37. The van der Waals surface area contributed by atoms with Crippen LogP contribution in [0.25, 0.3) is 0 Å². The number of carbonyl (C=O) groups is 3. The van der Waals surface area contributed by atoms with E-state index in [-0.39, 0.29) is 38.3 Å². The molecule has 0 atom stereocenters. The Morgan fingerprint density at radius 3 is 1.20 bits per heavy atom. The molecular weight excluding hydrogens is 628 g/mol. The van der Waals surface area contributed by atoms with Gasteiger partial charge in [-0.05, 0) is 64.2 Å². The third-order valence-corrected chi connectivity index (χ3v) is 8.85. The van der Waals surface area contributed by atoms with Crippen LogP contribution in [0.15, 0.2) is 24.3 Å². The van der Waals surface area contributed by atoms with Crippen molar-refractivity contribution >= 4 is 18.0 Å². The number of hydrogen-bond acceptors (Lipinski definition) is 7. The van der Waals surface area contributed by atoms with Crippen molar-refractivity contribution in [1.29, 1.82) is 0 Å². The van der Waals surface area contributed by atoms with Gasteiger partial charge in [-0.2, -0.15) is 0 Å². The van der Waals surface area contributed by atoms with Crippen molar-refractivity contribution in [3.05, 3.63) is 24.3 Å². The lowest BCUT2D eigenvalue weighted by molar-refractivity contribution is -0.147. The first-order valence-electron chi connectivity index (χ1n) is 20.8. The molecule has 0 aromatic rings. The van der Waals surface area contributed by atoms with Crippen molar-refractivity contribution in [3.8, 4) is 0 Å². The van der Waals surface area contributed by atoms with Crippen LogP contribution in [-0.4, -0.2) is 50.4 Å². The van der Waals surface area contributed by atoms with Crippen LogP contribution in [0.5, 0.6) is 0 Å². The zero-order valence-corrected chi connectivity index (χ0v) is 32.5. The van der Waals surface area contributed by atoms with Crippen LogP contribution in [-0.2, 0) is 23.8 Å². The Hall–Kier alpha value is -2.35. The largest absolute Gasteiger partial charge is 0.463 e. The van der Waals surface area contributed by atoms with Crippen molar-refractivity contribution in [3.63, 3.8) is 0 Å². The fraction of sp³-hybridized carbons (Fsp3) is 0.833. The molecule has 3 N–H and O–H groups in total. The van der Waals surface area contributed by atoms with Gasteiger partial charge in [-0.15, -0.1) is 0 Å². The molecule has 0 aromatic carbocycles. The van der Waals surface area contributed by atoms with E-state index in [9.17, 15) is 14.4 Å². The summed E-state index contributed by atoms with van der Waals surface area (Å²) >= 11 is 0. The molecule has 0 aliphatic rings. The van der Waals surface area contributed by atoms with Gasteiger partial charge in [-0.3, -0.25) is 9.59 Å². The summed E-state index contributed by atoms with van der Waals surface area (Å²) in [7, 11) is 0. The number of allylic oxidation sites excluding steroid dienone is 4. The van der Waals surface area contributed by atoms with Crippen LogP contribution in [0.3, 0.4) is 0 Å². The van der Waals surface area contributed by atoms with Crippen molar-refractivity contribution in [2.45, 2.75) is 200 Å². The van der Waals surface area contributed by atoms with E-state index in [1.54, 1.807) is 0 Å². The predicted molar refractivity (Wildman–Crippen MR) is 208 cm³/mol. The van der Waals surface area contributed by atoms with Crippen LogP contribution >= 0.6 is 0 Å². The standard InChI is InChI=1S/C42H78N2O6/c1-3-5-7-9-11-13-15-17-19-21-23-25-27-29-31-33-40(45)49-37-39(44-42(47)48-36-35-43)38-50-41(46)34-32-30-28-26-24-22-20-18-16-14-12-10-8-6-4-2/h17-20,39H,3-16,21-38,43H2,1-2H3,(H,44,47)/b19-17-,20-18-. The Kier molecular flexibility index (Phi) is 37.6. The number of amides is 1. The number of alkyl carbamates (subject to hydrolysis) is 1. The number of hydrogen-bond donors (Lipinski definition) is 2. The highest BCUT2D eigenvalue weighted by Crippen LogP contribution is 2.12. The lowest BCUT2D eigenvalue weighted by Crippen LogP contribution is -2.43. The molecule has 1 amide bonds. The number of ether oxygens (including phenoxy) is 3. The van der Waals surface area contributed by atoms with E-state index in [2.05, 4.69) is 43.5 Å². The van der Waals surface area contributed by atoms with Crippen molar-refractivity contribution in [1.82, 2.24) is 5.32 Å². The molecule has 50 heavy (non-hydrogen) atoms. The predicted octanol–water partition coefficient (Wildman–Crippen LogP) is 11.2. The topological polar surface area (TPSA) is 117 Å². The minimum absolute atomic E-state index is 0.0725. The molecule has 8 heteroatoms. The van der Waals surface area contributed by atoms with Crippen LogP contribution in [0.4, 0.5) is 4.79 Å². The maximum Gasteiger partial charge on any atom is 0.407 e. The number of esters is 2. The Bertz CT molecular complexity index is 775. The number of unbranched alkanes of at least 4 members (excludes halogenated alkanes) is 22. The Balaban J connectivity index is 4.02. The summed E-state index contributed by atoms with van der Waals surface area (Å²) < 4.78 is 15.8. The van der Waals surface area contributed by atoms with Gasteiger partial charge in [0.25, 0.3) is 0 Å². The highest BCUT2D eigenvalue weighted by atomic mass is 16.6. The maximum absolute atomic E-state index is 12.3. The number of carbonyl (C=O) groups excluding carboxylic acids is 3. The Morgan fingerprint density at radius 2 is 0.840 bits per heavy atom. The van der Waals surface area contributed by atoms with Crippen LogP contribution in [0.1, 0.15) is 194 Å². The van der Waals surface area contributed by atoms with Gasteiger partial charge in [0.15, 0.2) is 0 Å². The van der Waals surface area contributed by atoms with Gasteiger partial charge in [0.1, 0.15) is 25.9 Å². The van der Waals surface area contributed by atoms with Crippen molar-refractivity contribution in [2.24, 2.45) is 5.73 Å². The van der Waals surface area contributed by atoms with E-state index < -0.39 is 12.1 Å². The van der Waals surface area contributed by atoms with Crippen LogP contribution in [0, 0.1) is 0 Å². The molecule has 0 radical (unpaired) electrons. The fourth-order valence-corrected chi connectivity index (χ4v) is 5.70. The smallest absolute Gasteiger partial charge is 0.407 e. The van der Waals surface area contributed by atoms with Gasteiger partial charge in [0.05, 0.1) is 0 Å². The van der Waals surface area contributed by atoms with E-state index in [4.69, 9.17) is 19.9 Å². The number of nitrogens with one attached hydrogen (secondary N) is 1. The molecule has 0 saturated carbocycles.